The first-order chi connectivity index (χ1) is 9.69. The molecule has 9 heteroatoms. The summed E-state index contributed by atoms with van der Waals surface area (Å²) in [7, 11) is -3.94. The number of pyridine rings is 1. The first-order valence-electron chi connectivity index (χ1n) is 6.46. The molecular weight excluding hydrogens is 307 g/mol. The van der Waals surface area contributed by atoms with Gasteiger partial charge in [0, 0.05) is 18.3 Å². The van der Waals surface area contributed by atoms with E-state index in [9.17, 15) is 21.6 Å². The molecule has 0 aliphatic heterocycles. The van der Waals surface area contributed by atoms with E-state index in [-0.39, 0.29) is 11.4 Å². The Morgan fingerprint density at radius 3 is 2.33 bits per heavy atom. The zero-order chi connectivity index (χ0) is 15.7. The number of rotatable bonds is 4. The van der Waals surface area contributed by atoms with Crippen LogP contribution in [0.3, 0.4) is 0 Å². The number of hydrogen-bond donors (Lipinski definition) is 2. The minimum atomic E-state index is -4.60. The van der Waals surface area contributed by atoms with Gasteiger partial charge in [-0.05, 0) is 25.0 Å². The van der Waals surface area contributed by atoms with Gasteiger partial charge in [-0.3, -0.25) is 4.98 Å². The van der Waals surface area contributed by atoms with Crippen LogP contribution < -0.4 is 10.5 Å². The van der Waals surface area contributed by atoms with Gasteiger partial charge in [0.15, 0.2) is 0 Å². The van der Waals surface area contributed by atoms with Gasteiger partial charge < -0.3 is 5.73 Å². The third-order valence-electron chi connectivity index (χ3n) is 3.64. The fourth-order valence-corrected chi connectivity index (χ4v) is 3.86. The average molecular weight is 323 g/mol. The van der Waals surface area contributed by atoms with Crippen molar-refractivity contribution in [1.29, 1.82) is 0 Å². The molecule has 0 aromatic carbocycles. The zero-order valence-corrected chi connectivity index (χ0v) is 12.0. The number of nitrogens with two attached hydrogens (primary N) is 1. The van der Waals surface area contributed by atoms with Crippen molar-refractivity contribution < 1.29 is 21.6 Å². The molecule has 3 N–H and O–H groups in total. The fraction of sp³-hybridized carbons (Fsp3) is 0.583. The third-order valence-corrected chi connectivity index (χ3v) is 5.20. The average Bonchev–Trinajstić information content (AvgIpc) is 2.86. The molecule has 0 amide bonds. The lowest BCUT2D eigenvalue weighted by atomic mass is 10.0. The van der Waals surface area contributed by atoms with Gasteiger partial charge in [0.1, 0.15) is 10.6 Å². The largest absolute Gasteiger partial charge is 0.433 e. The van der Waals surface area contributed by atoms with Crippen molar-refractivity contribution >= 4 is 10.0 Å². The number of alkyl halides is 3. The van der Waals surface area contributed by atoms with Crippen LogP contribution in [0, 0.1) is 0 Å². The molecule has 0 unspecified atom stereocenters. The van der Waals surface area contributed by atoms with Crippen LogP contribution in [0.25, 0.3) is 0 Å². The van der Waals surface area contributed by atoms with Gasteiger partial charge in [0.25, 0.3) is 0 Å². The van der Waals surface area contributed by atoms with E-state index < -0.39 is 27.4 Å². The van der Waals surface area contributed by atoms with Crippen LogP contribution in [0.2, 0.25) is 0 Å². The molecule has 2 rings (SSSR count). The Hall–Kier alpha value is -1.19. The van der Waals surface area contributed by atoms with E-state index in [1.54, 1.807) is 0 Å². The van der Waals surface area contributed by atoms with E-state index in [0.717, 1.165) is 18.9 Å². The molecule has 0 bridgehead atoms. The molecule has 1 heterocycles. The monoisotopic (exact) mass is 323 g/mol. The lowest BCUT2D eigenvalue weighted by Gasteiger charge is -2.28. The quantitative estimate of drug-likeness (QED) is 0.882. The predicted molar refractivity (Wildman–Crippen MR) is 69.8 cm³/mol. The lowest BCUT2D eigenvalue weighted by Crippen LogP contribution is -2.51. The molecule has 1 aromatic rings. The van der Waals surface area contributed by atoms with E-state index in [1.165, 1.54) is 0 Å². The fourth-order valence-electron chi connectivity index (χ4n) is 2.45. The number of sulfonamides is 1. The molecule has 0 saturated heterocycles. The molecule has 118 valence electrons. The Bertz CT molecular complexity index is 593. The SMILES string of the molecule is NCC1(NS(=O)(=O)c2ccc(C(F)(F)F)nc2)CCCC1. The summed E-state index contributed by atoms with van der Waals surface area (Å²) >= 11 is 0. The van der Waals surface area contributed by atoms with Crippen molar-refractivity contribution in [2.75, 3.05) is 6.54 Å². The van der Waals surface area contributed by atoms with E-state index in [2.05, 4.69) is 9.71 Å². The number of nitrogens with one attached hydrogen (secondary N) is 1. The topological polar surface area (TPSA) is 85.1 Å². The Balaban J connectivity index is 2.24. The lowest BCUT2D eigenvalue weighted by molar-refractivity contribution is -0.141. The minimum Gasteiger partial charge on any atom is -0.329 e. The number of hydrogen-bond acceptors (Lipinski definition) is 4. The highest BCUT2D eigenvalue weighted by molar-refractivity contribution is 7.89. The van der Waals surface area contributed by atoms with Crippen molar-refractivity contribution in [2.45, 2.75) is 42.3 Å². The number of nitrogens with zero attached hydrogens (tertiary/aromatic N) is 1. The summed E-state index contributed by atoms with van der Waals surface area (Å²) in [6.45, 7) is 0.153. The summed E-state index contributed by atoms with van der Waals surface area (Å²) in [4.78, 5) is 2.87. The standard InChI is InChI=1S/C12H16F3N3O2S/c13-12(14,15)10-4-3-9(7-17-10)21(19,20)18-11(8-16)5-1-2-6-11/h3-4,7,18H,1-2,5-6,8,16H2. The van der Waals surface area contributed by atoms with Gasteiger partial charge in [0.2, 0.25) is 10.0 Å². The molecule has 1 fully saturated rings. The summed E-state index contributed by atoms with van der Waals surface area (Å²) in [6, 6.07) is 1.55. The minimum absolute atomic E-state index is 0.153. The predicted octanol–water partition coefficient (Wildman–Crippen LogP) is 1.65. The summed E-state index contributed by atoms with van der Waals surface area (Å²) in [5.41, 5.74) is 3.81. The summed E-state index contributed by atoms with van der Waals surface area (Å²) in [5, 5.41) is 0. The van der Waals surface area contributed by atoms with Gasteiger partial charge in [0.05, 0.1) is 0 Å². The second-order valence-electron chi connectivity index (χ2n) is 5.17. The highest BCUT2D eigenvalue weighted by Crippen LogP contribution is 2.31. The van der Waals surface area contributed by atoms with Crippen LogP contribution >= 0.6 is 0 Å². The molecule has 1 aromatic heterocycles. The zero-order valence-electron chi connectivity index (χ0n) is 11.2. The molecule has 0 radical (unpaired) electrons. The maximum absolute atomic E-state index is 12.4. The Labute approximate surface area is 120 Å². The first kappa shape index (κ1) is 16.2. The highest BCUT2D eigenvalue weighted by Gasteiger charge is 2.37. The normalized spacial score (nSPS) is 18.9. The van der Waals surface area contributed by atoms with Crippen molar-refractivity contribution in [3.8, 4) is 0 Å². The van der Waals surface area contributed by atoms with Crippen LogP contribution in [-0.2, 0) is 16.2 Å². The van der Waals surface area contributed by atoms with Gasteiger partial charge in [-0.15, -0.1) is 0 Å². The molecule has 1 saturated carbocycles. The molecule has 1 aliphatic rings. The van der Waals surface area contributed by atoms with E-state index in [0.29, 0.717) is 25.1 Å². The van der Waals surface area contributed by atoms with E-state index in [1.807, 2.05) is 0 Å². The molecule has 0 atom stereocenters. The second-order valence-corrected chi connectivity index (χ2v) is 6.86. The van der Waals surface area contributed by atoms with Gasteiger partial charge in [-0.1, -0.05) is 12.8 Å². The summed E-state index contributed by atoms with van der Waals surface area (Å²) < 4.78 is 64.2. The van der Waals surface area contributed by atoms with E-state index in [4.69, 9.17) is 5.73 Å². The van der Waals surface area contributed by atoms with Gasteiger partial charge >= 0.3 is 6.18 Å². The first-order valence-corrected chi connectivity index (χ1v) is 7.94. The van der Waals surface area contributed by atoms with Crippen molar-refractivity contribution in [3.05, 3.63) is 24.0 Å². The highest BCUT2D eigenvalue weighted by atomic mass is 32.2. The Kier molecular flexibility index (Phi) is 4.27. The number of aromatic nitrogens is 1. The van der Waals surface area contributed by atoms with Crippen LogP contribution in [0.1, 0.15) is 31.4 Å². The van der Waals surface area contributed by atoms with Gasteiger partial charge in [-0.2, -0.15) is 13.2 Å². The van der Waals surface area contributed by atoms with Gasteiger partial charge in [-0.25, -0.2) is 13.1 Å². The molecule has 21 heavy (non-hydrogen) atoms. The molecule has 5 nitrogen and oxygen atoms in total. The Morgan fingerprint density at radius 2 is 1.90 bits per heavy atom. The summed E-state index contributed by atoms with van der Waals surface area (Å²) in [5.74, 6) is 0. The van der Waals surface area contributed by atoms with Crippen molar-refractivity contribution in [1.82, 2.24) is 9.71 Å². The van der Waals surface area contributed by atoms with Crippen LogP contribution in [-0.4, -0.2) is 25.5 Å². The van der Waals surface area contributed by atoms with Crippen LogP contribution in [0.5, 0.6) is 0 Å². The third kappa shape index (κ3) is 3.53. The summed E-state index contributed by atoms with van der Waals surface area (Å²) in [6.07, 6.45) is -0.909. The smallest absolute Gasteiger partial charge is 0.329 e. The molecular formula is C12H16F3N3O2S. The Morgan fingerprint density at radius 1 is 1.29 bits per heavy atom. The molecule has 0 spiro atoms. The second kappa shape index (κ2) is 5.54. The van der Waals surface area contributed by atoms with E-state index >= 15 is 0 Å². The maximum atomic E-state index is 12.4. The maximum Gasteiger partial charge on any atom is 0.433 e. The van der Waals surface area contributed by atoms with Crippen LogP contribution in [0.4, 0.5) is 13.2 Å². The molecule has 1 aliphatic carbocycles. The van der Waals surface area contributed by atoms with Crippen molar-refractivity contribution in [2.24, 2.45) is 5.73 Å². The van der Waals surface area contributed by atoms with Crippen LogP contribution in [0.15, 0.2) is 23.2 Å². The van der Waals surface area contributed by atoms with Crippen molar-refractivity contribution in [3.63, 3.8) is 0 Å². The number of halogens is 3.